The molecule has 0 fully saturated rings. The van der Waals surface area contributed by atoms with E-state index in [0.717, 1.165) is 11.8 Å². The van der Waals surface area contributed by atoms with Gasteiger partial charge in [0.2, 0.25) is 6.29 Å². The molecule has 0 spiro atoms. The minimum atomic E-state index is -0.838. The molecule has 76 valence electrons. The third-order valence-electron chi connectivity index (χ3n) is 0.932. The van der Waals surface area contributed by atoms with Gasteiger partial charge in [0.25, 0.3) is 0 Å². The van der Waals surface area contributed by atoms with Crippen LogP contribution in [0.25, 0.3) is 0 Å². The van der Waals surface area contributed by atoms with Crippen molar-refractivity contribution >= 4 is 23.0 Å². The molecule has 0 aromatic heterocycles. The molecule has 0 saturated carbocycles. The first kappa shape index (κ1) is 12.2. The van der Waals surface area contributed by atoms with E-state index in [2.05, 4.69) is 9.47 Å². The second-order valence-corrected chi connectivity index (χ2v) is 3.21. The maximum atomic E-state index is 10.9. The quantitative estimate of drug-likeness (QED) is 0.540. The normalized spacial score (nSPS) is 11.9. The lowest BCUT2D eigenvalue weighted by atomic mass is 10.7. The van der Waals surface area contributed by atoms with E-state index in [9.17, 15) is 9.59 Å². The van der Waals surface area contributed by atoms with E-state index in [1.807, 2.05) is 0 Å². The van der Waals surface area contributed by atoms with Crippen LogP contribution in [0.15, 0.2) is 0 Å². The lowest BCUT2D eigenvalue weighted by Gasteiger charge is -2.11. The molecule has 0 rings (SSSR count). The molecular formula is C7H13NO4S. The number of rotatable bonds is 4. The molecule has 0 aromatic rings. The molecule has 0 heterocycles. The minimum absolute atomic E-state index is 0.404. The molecule has 0 aliphatic carbocycles. The standard InChI is InChI=1S/C7H13NO4S/c1-5(9)11-6(2)12-7(10)13-4-3-8/h6H,3-4,8H2,1-2H3. The van der Waals surface area contributed by atoms with Crippen LogP contribution in [-0.4, -0.2) is 29.9 Å². The van der Waals surface area contributed by atoms with Crippen molar-refractivity contribution in [2.75, 3.05) is 12.3 Å². The van der Waals surface area contributed by atoms with Crippen LogP contribution in [0.5, 0.6) is 0 Å². The number of nitrogens with two attached hydrogens (primary N) is 1. The van der Waals surface area contributed by atoms with Gasteiger partial charge >= 0.3 is 11.3 Å². The Morgan fingerprint density at radius 2 is 2.08 bits per heavy atom. The fraction of sp³-hybridized carbons (Fsp3) is 0.714. The molecule has 1 atom stereocenters. The number of thioether (sulfide) groups is 1. The number of carbonyl (C=O) groups excluding carboxylic acids is 2. The molecule has 6 heteroatoms. The number of ether oxygens (including phenoxy) is 2. The summed E-state index contributed by atoms with van der Waals surface area (Å²) in [5.74, 6) is 0.00940. The van der Waals surface area contributed by atoms with Crippen LogP contribution in [0.4, 0.5) is 4.79 Å². The molecule has 0 radical (unpaired) electrons. The fourth-order valence-corrected chi connectivity index (χ4v) is 1.06. The summed E-state index contributed by atoms with van der Waals surface area (Å²) in [6, 6.07) is 0. The van der Waals surface area contributed by atoms with Crippen LogP contribution in [0, 0.1) is 0 Å². The molecule has 13 heavy (non-hydrogen) atoms. The molecule has 5 nitrogen and oxygen atoms in total. The van der Waals surface area contributed by atoms with E-state index in [-0.39, 0.29) is 0 Å². The minimum Gasteiger partial charge on any atom is -0.426 e. The van der Waals surface area contributed by atoms with E-state index in [1.54, 1.807) is 0 Å². The van der Waals surface area contributed by atoms with Gasteiger partial charge in [-0.15, -0.1) is 0 Å². The third kappa shape index (κ3) is 7.61. The number of carbonyl (C=O) groups is 2. The van der Waals surface area contributed by atoms with Gasteiger partial charge in [-0.25, -0.2) is 4.79 Å². The van der Waals surface area contributed by atoms with Gasteiger partial charge in [-0.1, -0.05) is 0 Å². The van der Waals surface area contributed by atoms with Crippen molar-refractivity contribution in [3.8, 4) is 0 Å². The van der Waals surface area contributed by atoms with Crippen molar-refractivity contribution in [1.82, 2.24) is 0 Å². The first-order valence-electron chi connectivity index (χ1n) is 3.77. The zero-order valence-corrected chi connectivity index (χ0v) is 8.43. The van der Waals surface area contributed by atoms with Gasteiger partial charge in [-0.05, 0) is 11.8 Å². The van der Waals surface area contributed by atoms with Crippen LogP contribution < -0.4 is 5.73 Å². The highest BCUT2D eigenvalue weighted by Crippen LogP contribution is 2.07. The van der Waals surface area contributed by atoms with E-state index in [0.29, 0.717) is 12.3 Å². The van der Waals surface area contributed by atoms with Crippen LogP contribution in [0.2, 0.25) is 0 Å². The number of hydrogen-bond acceptors (Lipinski definition) is 6. The second kappa shape index (κ2) is 6.73. The monoisotopic (exact) mass is 207 g/mol. The first-order valence-corrected chi connectivity index (χ1v) is 4.75. The predicted octanol–water partition coefficient (Wildman–Crippen LogP) is 0.724. The Labute approximate surface area is 80.9 Å². The van der Waals surface area contributed by atoms with Crippen molar-refractivity contribution < 1.29 is 19.1 Å². The van der Waals surface area contributed by atoms with Crippen LogP contribution in [0.1, 0.15) is 13.8 Å². The Morgan fingerprint density at radius 1 is 1.46 bits per heavy atom. The summed E-state index contributed by atoms with van der Waals surface area (Å²) in [7, 11) is 0. The summed E-state index contributed by atoms with van der Waals surface area (Å²) in [4.78, 5) is 21.3. The number of esters is 1. The highest BCUT2D eigenvalue weighted by molar-refractivity contribution is 8.13. The van der Waals surface area contributed by atoms with Crippen LogP contribution in [0.3, 0.4) is 0 Å². The molecule has 0 aliphatic heterocycles. The molecule has 0 aliphatic rings. The van der Waals surface area contributed by atoms with E-state index in [4.69, 9.17) is 5.73 Å². The Bertz CT molecular complexity index is 185. The summed E-state index contributed by atoms with van der Waals surface area (Å²) >= 11 is 0.954. The van der Waals surface area contributed by atoms with Crippen molar-refractivity contribution in [1.29, 1.82) is 0 Å². The molecule has 2 N–H and O–H groups in total. The molecule has 0 amide bonds. The molecule has 0 saturated heterocycles. The summed E-state index contributed by atoms with van der Waals surface area (Å²) < 4.78 is 9.26. The smallest absolute Gasteiger partial charge is 0.370 e. The second-order valence-electron chi connectivity index (χ2n) is 2.18. The molecule has 0 aromatic carbocycles. The zero-order valence-electron chi connectivity index (χ0n) is 7.61. The summed E-state index contributed by atoms with van der Waals surface area (Å²) in [5.41, 5.74) is 5.17. The number of hydrogen-bond donors (Lipinski definition) is 1. The molecule has 1 unspecified atom stereocenters. The Kier molecular flexibility index (Phi) is 6.34. The molecule has 0 bridgehead atoms. The van der Waals surface area contributed by atoms with Gasteiger partial charge in [0.15, 0.2) is 0 Å². The maximum Gasteiger partial charge on any atom is 0.370 e. The van der Waals surface area contributed by atoms with Crippen molar-refractivity contribution in [2.45, 2.75) is 20.1 Å². The van der Waals surface area contributed by atoms with Crippen LogP contribution >= 0.6 is 11.8 Å². The van der Waals surface area contributed by atoms with E-state index >= 15 is 0 Å². The topological polar surface area (TPSA) is 78.6 Å². The van der Waals surface area contributed by atoms with Gasteiger partial charge < -0.3 is 15.2 Å². The van der Waals surface area contributed by atoms with Gasteiger partial charge in [-0.2, -0.15) is 0 Å². The predicted molar refractivity (Wildman–Crippen MR) is 49.2 cm³/mol. The first-order chi connectivity index (χ1) is 6.06. The average Bonchev–Trinajstić information content (AvgIpc) is 1.98. The van der Waals surface area contributed by atoms with Gasteiger partial charge in [0, 0.05) is 26.1 Å². The summed E-state index contributed by atoms with van der Waals surface area (Å²) in [6.07, 6.45) is -0.838. The summed E-state index contributed by atoms with van der Waals surface area (Å²) in [5, 5.41) is -0.487. The van der Waals surface area contributed by atoms with Crippen LogP contribution in [-0.2, 0) is 14.3 Å². The lowest BCUT2D eigenvalue weighted by molar-refractivity contribution is -0.160. The third-order valence-corrected chi connectivity index (χ3v) is 1.70. The highest BCUT2D eigenvalue weighted by Gasteiger charge is 2.11. The van der Waals surface area contributed by atoms with E-state index in [1.165, 1.54) is 13.8 Å². The largest absolute Gasteiger partial charge is 0.426 e. The lowest BCUT2D eigenvalue weighted by Crippen LogP contribution is -2.18. The van der Waals surface area contributed by atoms with Crippen molar-refractivity contribution in [2.24, 2.45) is 5.73 Å². The Balaban J connectivity index is 3.59. The highest BCUT2D eigenvalue weighted by atomic mass is 32.2. The maximum absolute atomic E-state index is 10.9. The Morgan fingerprint density at radius 3 is 2.54 bits per heavy atom. The van der Waals surface area contributed by atoms with Crippen molar-refractivity contribution in [3.63, 3.8) is 0 Å². The zero-order chi connectivity index (χ0) is 10.3. The summed E-state index contributed by atoms with van der Waals surface area (Å²) in [6.45, 7) is 3.13. The fourth-order valence-electron chi connectivity index (χ4n) is 0.570. The van der Waals surface area contributed by atoms with Gasteiger partial charge in [-0.3, -0.25) is 4.79 Å². The Hall–Kier alpha value is -0.750. The van der Waals surface area contributed by atoms with Gasteiger partial charge in [0.05, 0.1) is 0 Å². The average molecular weight is 207 g/mol. The van der Waals surface area contributed by atoms with E-state index < -0.39 is 17.6 Å². The van der Waals surface area contributed by atoms with Gasteiger partial charge in [0.1, 0.15) is 0 Å². The SMILES string of the molecule is CC(=O)OC(C)OC(=O)SCCN. The molecular weight excluding hydrogens is 194 g/mol. The van der Waals surface area contributed by atoms with Crippen molar-refractivity contribution in [3.05, 3.63) is 0 Å².